The fraction of sp³-hybridized carbons (Fsp3) is 0.250. The van der Waals surface area contributed by atoms with Crippen LogP contribution in [0.2, 0.25) is 0 Å². The predicted octanol–water partition coefficient (Wildman–Crippen LogP) is 3.10. The van der Waals surface area contributed by atoms with Gasteiger partial charge in [0.2, 0.25) is 0 Å². The smallest absolute Gasteiger partial charge is 0.142 e. The molecule has 4 heteroatoms. The molecule has 1 aromatic carbocycles. The fourth-order valence-corrected chi connectivity index (χ4v) is 2.22. The van der Waals surface area contributed by atoms with Crippen molar-refractivity contribution < 1.29 is 4.74 Å². The second-order valence-corrected chi connectivity index (χ2v) is 4.70. The molecule has 0 fully saturated rings. The van der Waals surface area contributed by atoms with E-state index in [0.717, 1.165) is 16.3 Å². The number of nitrogen functional groups attached to an aromatic ring is 1. The van der Waals surface area contributed by atoms with Crippen LogP contribution in [-0.2, 0) is 0 Å². The molecule has 2 rings (SSSR count). The highest BCUT2D eigenvalue weighted by atomic mass is 32.1. The minimum atomic E-state index is 0.625. The molecule has 1 aromatic heterocycles. The van der Waals surface area contributed by atoms with E-state index in [1.807, 2.05) is 38.2 Å². The molecular formula is C12H14N2OS. The van der Waals surface area contributed by atoms with E-state index in [0.29, 0.717) is 12.3 Å². The lowest BCUT2D eigenvalue weighted by Crippen LogP contribution is -1.96. The van der Waals surface area contributed by atoms with Gasteiger partial charge in [-0.3, -0.25) is 0 Å². The number of aryl methyl sites for hydroxylation is 1. The molecule has 16 heavy (non-hydrogen) atoms. The van der Waals surface area contributed by atoms with E-state index in [1.165, 1.54) is 4.88 Å². The van der Waals surface area contributed by atoms with Crippen molar-refractivity contribution in [3.05, 3.63) is 29.3 Å². The van der Waals surface area contributed by atoms with Gasteiger partial charge in [0.25, 0.3) is 0 Å². The first-order valence-electron chi connectivity index (χ1n) is 5.16. The van der Waals surface area contributed by atoms with Crippen molar-refractivity contribution in [1.82, 2.24) is 4.98 Å². The highest BCUT2D eigenvalue weighted by Gasteiger charge is 2.06. The molecule has 0 atom stereocenters. The van der Waals surface area contributed by atoms with E-state index in [1.54, 1.807) is 11.3 Å². The summed E-state index contributed by atoms with van der Waals surface area (Å²) in [5.41, 5.74) is 7.60. The van der Waals surface area contributed by atoms with Gasteiger partial charge in [-0.1, -0.05) is 0 Å². The molecular weight excluding hydrogens is 220 g/mol. The average molecular weight is 234 g/mol. The number of rotatable bonds is 3. The van der Waals surface area contributed by atoms with Gasteiger partial charge >= 0.3 is 0 Å². The van der Waals surface area contributed by atoms with E-state index in [2.05, 4.69) is 4.98 Å². The van der Waals surface area contributed by atoms with Crippen molar-refractivity contribution >= 4 is 17.0 Å². The van der Waals surface area contributed by atoms with Crippen LogP contribution in [-0.4, -0.2) is 11.6 Å². The third kappa shape index (κ3) is 2.17. The number of nitrogens with zero attached hydrogens (tertiary/aromatic N) is 1. The van der Waals surface area contributed by atoms with Crippen LogP contribution < -0.4 is 10.5 Å². The molecule has 0 radical (unpaired) electrons. The number of thiazole rings is 1. The zero-order valence-corrected chi connectivity index (χ0v) is 10.2. The summed E-state index contributed by atoms with van der Waals surface area (Å²) in [5, 5.41) is 0.993. The Balaban J connectivity index is 2.34. The van der Waals surface area contributed by atoms with Crippen molar-refractivity contribution in [3.8, 4) is 16.3 Å². The van der Waals surface area contributed by atoms with E-state index in [-0.39, 0.29) is 0 Å². The molecule has 0 spiro atoms. The summed E-state index contributed by atoms with van der Waals surface area (Å²) in [6.45, 7) is 4.61. The lowest BCUT2D eigenvalue weighted by molar-refractivity contribution is 0.342. The highest BCUT2D eigenvalue weighted by molar-refractivity contribution is 7.14. The standard InChI is InChI=1S/C12H14N2OS/c1-3-15-11-5-4-9(6-10(11)13)12-14-7-8(2)16-12/h4-7H,3,13H2,1-2H3. The lowest BCUT2D eigenvalue weighted by atomic mass is 10.2. The Bertz CT molecular complexity index is 494. The maximum absolute atomic E-state index is 5.90. The van der Waals surface area contributed by atoms with Gasteiger partial charge in [-0.25, -0.2) is 4.98 Å². The summed E-state index contributed by atoms with van der Waals surface area (Å²) < 4.78 is 5.39. The van der Waals surface area contributed by atoms with Crippen molar-refractivity contribution in [2.45, 2.75) is 13.8 Å². The topological polar surface area (TPSA) is 48.1 Å². The molecule has 0 aliphatic heterocycles. The Labute approximate surface area is 98.9 Å². The summed E-state index contributed by atoms with van der Waals surface area (Å²) >= 11 is 1.66. The Morgan fingerprint density at radius 3 is 2.81 bits per heavy atom. The Kier molecular flexibility index (Phi) is 3.10. The van der Waals surface area contributed by atoms with Crippen LogP contribution in [0.3, 0.4) is 0 Å². The molecule has 0 saturated heterocycles. The molecule has 0 bridgehead atoms. The number of anilines is 1. The molecule has 3 nitrogen and oxygen atoms in total. The quantitative estimate of drug-likeness (QED) is 0.830. The molecule has 0 saturated carbocycles. The molecule has 0 unspecified atom stereocenters. The van der Waals surface area contributed by atoms with Crippen LogP contribution >= 0.6 is 11.3 Å². The first kappa shape index (κ1) is 11.0. The summed E-state index contributed by atoms with van der Waals surface area (Å²) in [7, 11) is 0. The number of hydrogen-bond acceptors (Lipinski definition) is 4. The van der Waals surface area contributed by atoms with Gasteiger partial charge in [-0.2, -0.15) is 0 Å². The fourth-order valence-electron chi connectivity index (χ4n) is 1.46. The van der Waals surface area contributed by atoms with Gasteiger partial charge < -0.3 is 10.5 Å². The molecule has 84 valence electrons. The average Bonchev–Trinajstić information content (AvgIpc) is 2.68. The van der Waals surface area contributed by atoms with Gasteiger partial charge in [0, 0.05) is 16.6 Å². The molecule has 1 heterocycles. The molecule has 2 aromatic rings. The predicted molar refractivity (Wildman–Crippen MR) is 67.9 cm³/mol. The van der Waals surface area contributed by atoms with E-state index < -0.39 is 0 Å². The van der Waals surface area contributed by atoms with Gasteiger partial charge in [-0.15, -0.1) is 11.3 Å². The second kappa shape index (κ2) is 4.53. The summed E-state index contributed by atoms with van der Waals surface area (Å²) in [6.07, 6.45) is 1.87. The number of aromatic nitrogens is 1. The molecule has 0 amide bonds. The van der Waals surface area contributed by atoms with Crippen LogP contribution in [0.25, 0.3) is 10.6 Å². The maximum Gasteiger partial charge on any atom is 0.142 e. The number of benzene rings is 1. The van der Waals surface area contributed by atoms with E-state index in [9.17, 15) is 0 Å². The normalized spacial score (nSPS) is 10.4. The Morgan fingerprint density at radius 1 is 1.44 bits per heavy atom. The van der Waals surface area contributed by atoms with Crippen LogP contribution in [0.5, 0.6) is 5.75 Å². The third-order valence-electron chi connectivity index (χ3n) is 2.18. The number of ether oxygens (including phenoxy) is 1. The van der Waals surface area contributed by atoms with Crippen LogP contribution in [0, 0.1) is 6.92 Å². The van der Waals surface area contributed by atoms with E-state index in [4.69, 9.17) is 10.5 Å². The van der Waals surface area contributed by atoms with Gasteiger partial charge in [0.1, 0.15) is 10.8 Å². The zero-order chi connectivity index (χ0) is 11.5. The van der Waals surface area contributed by atoms with Crippen LogP contribution in [0.1, 0.15) is 11.8 Å². The summed E-state index contributed by atoms with van der Waals surface area (Å²) in [4.78, 5) is 5.52. The van der Waals surface area contributed by atoms with Crippen LogP contribution in [0.15, 0.2) is 24.4 Å². The highest BCUT2D eigenvalue weighted by Crippen LogP contribution is 2.30. The van der Waals surface area contributed by atoms with Crippen molar-refractivity contribution in [1.29, 1.82) is 0 Å². The lowest BCUT2D eigenvalue weighted by Gasteiger charge is -2.07. The monoisotopic (exact) mass is 234 g/mol. The SMILES string of the molecule is CCOc1ccc(-c2ncc(C)s2)cc1N. The van der Waals surface area contributed by atoms with Gasteiger partial charge in [0.15, 0.2) is 0 Å². The van der Waals surface area contributed by atoms with Gasteiger partial charge in [0.05, 0.1) is 12.3 Å². The molecule has 0 aliphatic carbocycles. The molecule has 0 aliphatic rings. The third-order valence-corrected chi connectivity index (χ3v) is 3.14. The maximum atomic E-state index is 5.90. The van der Waals surface area contributed by atoms with Gasteiger partial charge in [-0.05, 0) is 32.0 Å². The minimum absolute atomic E-state index is 0.625. The number of nitrogens with two attached hydrogens (primary N) is 1. The second-order valence-electron chi connectivity index (χ2n) is 3.46. The first-order chi connectivity index (χ1) is 7.70. The van der Waals surface area contributed by atoms with Crippen LogP contribution in [0.4, 0.5) is 5.69 Å². The first-order valence-corrected chi connectivity index (χ1v) is 5.97. The minimum Gasteiger partial charge on any atom is -0.492 e. The zero-order valence-electron chi connectivity index (χ0n) is 9.36. The van der Waals surface area contributed by atoms with Crippen molar-refractivity contribution in [2.75, 3.05) is 12.3 Å². The number of hydrogen-bond donors (Lipinski definition) is 1. The Hall–Kier alpha value is -1.55. The van der Waals surface area contributed by atoms with Crippen molar-refractivity contribution in [2.24, 2.45) is 0 Å². The molecule has 2 N–H and O–H groups in total. The van der Waals surface area contributed by atoms with E-state index >= 15 is 0 Å². The largest absolute Gasteiger partial charge is 0.492 e. The summed E-state index contributed by atoms with van der Waals surface area (Å²) in [6, 6.07) is 5.79. The Morgan fingerprint density at radius 2 is 2.25 bits per heavy atom. The van der Waals surface area contributed by atoms with Crippen molar-refractivity contribution in [3.63, 3.8) is 0 Å². The summed E-state index contributed by atoms with van der Waals surface area (Å²) in [5.74, 6) is 0.736.